The van der Waals surface area contributed by atoms with E-state index in [-0.39, 0.29) is 12.0 Å². The Morgan fingerprint density at radius 1 is 1.07 bits per heavy atom. The number of hydrogen-bond acceptors (Lipinski definition) is 5. The molecule has 0 spiro atoms. The van der Waals surface area contributed by atoms with Gasteiger partial charge in [-0.1, -0.05) is 43.2 Å². The standard InChI is InChI=1S/C24H36O5/c1-15(2)20-13-11-16(3)9-8-10-17(4)12-14-21-24(7,29-21)23(28-19(6)26)22(20)27-18(5)25/h10-11,13,15,21-23H,8-9,12,14H2,1-7H3/b16-11+,17-10+,20-13+/t21-,22+,23-,24+/m0/s1. The Morgan fingerprint density at radius 3 is 2.31 bits per heavy atom. The quantitative estimate of drug-likeness (QED) is 0.374. The lowest BCUT2D eigenvalue weighted by atomic mass is 9.85. The molecule has 0 aromatic heterocycles. The second-order valence-electron chi connectivity index (χ2n) is 8.81. The first kappa shape index (κ1) is 23.4. The van der Waals surface area contributed by atoms with Crippen LogP contribution < -0.4 is 0 Å². The van der Waals surface area contributed by atoms with Crippen LogP contribution in [-0.2, 0) is 23.8 Å². The van der Waals surface area contributed by atoms with E-state index in [4.69, 9.17) is 14.2 Å². The van der Waals surface area contributed by atoms with Crippen molar-refractivity contribution in [3.05, 3.63) is 34.9 Å². The van der Waals surface area contributed by atoms with Gasteiger partial charge in [0.25, 0.3) is 0 Å². The molecule has 0 N–H and O–H groups in total. The molecule has 4 atom stereocenters. The van der Waals surface area contributed by atoms with Crippen molar-refractivity contribution in [2.45, 2.75) is 98.1 Å². The van der Waals surface area contributed by atoms with Gasteiger partial charge in [-0.2, -0.15) is 0 Å². The van der Waals surface area contributed by atoms with Crippen molar-refractivity contribution < 1.29 is 23.8 Å². The van der Waals surface area contributed by atoms with Crippen LogP contribution in [0.25, 0.3) is 0 Å². The van der Waals surface area contributed by atoms with E-state index < -0.39 is 29.7 Å². The topological polar surface area (TPSA) is 65.1 Å². The van der Waals surface area contributed by atoms with Gasteiger partial charge < -0.3 is 14.2 Å². The SMILES string of the molecule is CC(=O)O[C@@H]1/C(C(C)C)=C/C=C(\C)CC/C=C(\C)CC[C@@H]2O[C@@]2(C)[C@H]1OC(C)=O. The Morgan fingerprint density at radius 2 is 1.72 bits per heavy atom. The first-order valence-corrected chi connectivity index (χ1v) is 10.6. The molecular weight excluding hydrogens is 368 g/mol. The van der Waals surface area contributed by atoms with Gasteiger partial charge in [0, 0.05) is 13.8 Å². The number of fused-ring (bicyclic) bond motifs is 1. The molecule has 0 radical (unpaired) electrons. The predicted octanol–water partition coefficient (Wildman–Crippen LogP) is 5.06. The Hall–Kier alpha value is -1.88. The summed E-state index contributed by atoms with van der Waals surface area (Å²) in [6.07, 6.45) is 8.74. The van der Waals surface area contributed by atoms with Gasteiger partial charge >= 0.3 is 11.9 Å². The first-order valence-electron chi connectivity index (χ1n) is 10.6. The van der Waals surface area contributed by atoms with Crippen molar-refractivity contribution in [2.24, 2.45) is 5.92 Å². The highest BCUT2D eigenvalue weighted by Gasteiger charge is 2.62. The molecule has 1 fully saturated rings. The zero-order valence-electron chi connectivity index (χ0n) is 18.9. The third kappa shape index (κ3) is 6.30. The second-order valence-corrected chi connectivity index (χ2v) is 8.81. The maximum atomic E-state index is 12.0. The molecule has 5 heteroatoms. The van der Waals surface area contributed by atoms with Crippen LogP contribution in [0, 0.1) is 5.92 Å². The maximum Gasteiger partial charge on any atom is 0.303 e. The first-order chi connectivity index (χ1) is 13.5. The third-order valence-corrected chi connectivity index (χ3v) is 5.79. The van der Waals surface area contributed by atoms with Crippen molar-refractivity contribution in [1.29, 1.82) is 0 Å². The van der Waals surface area contributed by atoms with Gasteiger partial charge in [-0.25, -0.2) is 0 Å². The average molecular weight is 405 g/mol. The van der Waals surface area contributed by atoms with Crippen molar-refractivity contribution in [1.82, 2.24) is 0 Å². The van der Waals surface area contributed by atoms with E-state index in [1.54, 1.807) is 0 Å². The van der Waals surface area contributed by atoms with E-state index in [2.05, 4.69) is 39.8 Å². The molecule has 1 heterocycles. The van der Waals surface area contributed by atoms with E-state index in [0.717, 1.165) is 31.3 Å². The van der Waals surface area contributed by atoms with Crippen LogP contribution in [-0.4, -0.2) is 35.9 Å². The number of epoxide rings is 1. The summed E-state index contributed by atoms with van der Waals surface area (Å²) in [5.41, 5.74) is 2.83. The van der Waals surface area contributed by atoms with Crippen LogP contribution in [0.3, 0.4) is 0 Å². The van der Waals surface area contributed by atoms with Gasteiger partial charge in [0.2, 0.25) is 0 Å². The van der Waals surface area contributed by atoms with Gasteiger partial charge in [-0.3, -0.25) is 9.59 Å². The zero-order chi connectivity index (χ0) is 21.8. The molecule has 1 aliphatic carbocycles. The van der Waals surface area contributed by atoms with E-state index in [9.17, 15) is 9.59 Å². The molecule has 1 saturated heterocycles. The van der Waals surface area contributed by atoms with Crippen LogP contribution in [0.4, 0.5) is 0 Å². The number of ether oxygens (including phenoxy) is 3. The van der Waals surface area contributed by atoms with Crippen LogP contribution in [0.1, 0.15) is 74.1 Å². The average Bonchev–Trinajstić information content (AvgIpc) is 3.27. The second kappa shape index (κ2) is 9.75. The largest absolute Gasteiger partial charge is 0.455 e. The molecule has 0 aromatic carbocycles. The number of hydrogen-bond donors (Lipinski definition) is 0. The fourth-order valence-electron chi connectivity index (χ4n) is 3.95. The minimum Gasteiger partial charge on any atom is -0.455 e. The van der Waals surface area contributed by atoms with E-state index in [0.29, 0.717) is 0 Å². The molecule has 0 unspecified atom stereocenters. The summed E-state index contributed by atoms with van der Waals surface area (Å²) in [7, 11) is 0. The van der Waals surface area contributed by atoms with Crippen molar-refractivity contribution >= 4 is 11.9 Å². The molecule has 1 aliphatic heterocycles. The molecule has 0 amide bonds. The van der Waals surface area contributed by atoms with Crippen molar-refractivity contribution in [3.8, 4) is 0 Å². The molecule has 0 saturated carbocycles. The van der Waals surface area contributed by atoms with Gasteiger partial charge in [-0.15, -0.1) is 0 Å². The van der Waals surface area contributed by atoms with Crippen LogP contribution in [0.15, 0.2) is 34.9 Å². The Kier molecular flexibility index (Phi) is 7.87. The van der Waals surface area contributed by atoms with Crippen LogP contribution in [0.5, 0.6) is 0 Å². The van der Waals surface area contributed by atoms with E-state index in [1.165, 1.54) is 25.0 Å². The van der Waals surface area contributed by atoms with Crippen molar-refractivity contribution in [2.75, 3.05) is 0 Å². The fourth-order valence-corrected chi connectivity index (χ4v) is 3.95. The lowest BCUT2D eigenvalue weighted by molar-refractivity contribution is -0.167. The zero-order valence-corrected chi connectivity index (χ0v) is 18.9. The number of allylic oxidation sites excluding steroid dienone is 5. The Labute approximate surface area is 175 Å². The maximum absolute atomic E-state index is 12.0. The van der Waals surface area contributed by atoms with Gasteiger partial charge in [0.15, 0.2) is 12.2 Å². The number of rotatable bonds is 3. The van der Waals surface area contributed by atoms with E-state index >= 15 is 0 Å². The number of carbonyl (C=O) groups is 2. The molecule has 29 heavy (non-hydrogen) atoms. The van der Waals surface area contributed by atoms with Gasteiger partial charge in [0.05, 0.1) is 6.10 Å². The fraction of sp³-hybridized carbons (Fsp3) is 0.667. The highest BCUT2D eigenvalue weighted by Crippen LogP contribution is 2.47. The monoisotopic (exact) mass is 404 g/mol. The smallest absolute Gasteiger partial charge is 0.303 e. The molecule has 162 valence electrons. The van der Waals surface area contributed by atoms with Crippen LogP contribution >= 0.6 is 0 Å². The lowest BCUT2D eigenvalue weighted by Gasteiger charge is -2.32. The summed E-state index contributed by atoms with van der Waals surface area (Å²) in [6, 6.07) is 0. The minimum atomic E-state index is -0.691. The highest BCUT2D eigenvalue weighted by molar-refractivity contribution is 5.68. The normalized spacial score (nSPS) is 36.3. The summed E-state index contributed by atoms with van der Waals surface area (Å²) in [4.78, 5) is 23.9. The van der Waals surface area contributed by atoms with Gasteiger partial charge in [0.1, 0.15) is 5.60 Å². The Balaban J connectivity index is 2.53. The number of esters is 2. The molecule has 2 rings (SSSR count). The number of carbonyl (C=O) groups excluding carboxylic acids is 2. The Bertz CT molecular complexity index is 715. The van der Waals surface area contributed by atoms with Crippen LogP contribution in [0.2, 0.25) is 0 Å². The molecular formula is C24H36O5. The summed E-state index contributed by atoms with van der Waals surface area (Å²) >= 11 is 0. The molecule has 5 nitrogen and oxygen atoms in total. The molecule has 2 aliphatic rings. The summed E-state index contributed by atoms with van der Waals surface area (Å²) in [5, 5.41) is 0. The molecule has 0 bridgehead atoms. The minimum absolute atomic E-state index is 0.0399. The highest BCUT2D eigenvalue weighted by atomic mass is 16.7. The summed E-state index contributed by atoms with van der Waals surface area (Å²) in [6.45, 7) is 13.1. The van der Waals surface area contributed by atoms with E-state index in [1.807, 2.05) is 13.0 Å². The summed E-state index contributed by atoms with van der Waals surface area (Å²) < 4.78 is 17.6. The third-order valence-electron chi connectivity index (χ3n) is 5.79. The van der Waals surface area contributed by atoms with Gasteiger partial charge in [-0.05, 0) is 57.9 Å². The predicted molar refractivity (Wildman–Crippen MR) is 113 cm³/mol. The molecule has 0 aromatic rings. The van der Waals surface area contributed by atoms with Crippen molar-refractivity contribution in [3.63, 3.8) is 0 Å². The summed E-state index contributed by atoms with van der Waals surface area (Å²) in [5.74, 6) is -0.702. The lowest BCUT2D eigenvalue weighted by Crippen LogP contribution is -2.47.